The van der Waals surface area contributed by atoms with E-state index in [2.05, 4.69) is 20.0 Å². The van der Waals surface area contributed by atoms with Gasteiger partial charge in [0.2, 0.25) is 16.0 Å². The van der Waals surface area contributed by atoms with Gasteiger partial charge >= 0.3 is 0 Å². The molecule has 0 aliphatic heterocycles. The van der Waals surface area contributed by atoms with E-state index >= 15 is 0 Å². The summed E-state index contributed by atoms with van der Waals surface area (Å²) in [5.74, 6) is 0.384. The second kappa shape index (κ2) is 7.67. The SMILES string of the molecule is CNc1ncc(S(=O)(=O)NCCOC2CCCCC2)cn1. The van der Waals surface area contributed by atoms with Crippen LogP contribution >= 0.6 is 0 Å². The van der Waals surface area contributed by atoms with Gasteiger partial charge in [-0.2, -0.15) is 0 Å². The van der Waals surface area contributed by atoms with Gasteiger partial charge < -0.3 is 10.1 Å². The highest BCUT2D eigenvalue weighted by atomic mass is 32.2. The minimum Gasteiger partial charge on any atom is -0.377 e. The lowest BCUT2D eigenvalue weighted by Crippen LogP contribution is -2.29. The predicted octanol–water partition coefficient (Wildman–Crippen LogP) is 1.15. The molecule has 1 aromatic rings. The van der Waals surface area contributed by atoms with E-state index in [1.807, 2.05) is 0 Å². The molecular formula is C13H22N4O3S. The van der Waals surface area contributed by atoms with Crippen LogP contribution in [0.5, 0.6) is 0 Å². The molecule has 8 heteroatoms. The third kappa shape index (κ3) is 4.90. The van der Waals surface area contributed by atoms with E-state index in [-0.39, 0.29) is 17.5 Å². The second-order valence-corrected chi connectivity index (χ2v) is 6.79. The minimum atomic E-state index is -3.57. The summed E-state index contributed by atoms with van der Waals surface area (Å²) in [5.41, 5.74) is 0. The Morgan fingerprint density at radius 2 is 1.90 bits per heavy atom. The summed E-state index contributed by atoms with van der Waals surface area (Å²) >= 11 is 0. The molecule has 7 nitrogen and oxygen atoms in total. The third-order valence-electron chi connectivity index (χ3n) is 3.46. The van der Waals surface area contributed by atoms with Crippen LogP contribution in [-0.4, -0.2) is 44.7 Å². The molecule has 0 bridgehead atoms. The smallest absolute Gasteiger partial charge is 0.243 e. The van der Waals surface area contributed by atoms with E-state index in [1.54, 1.807) is 7.05 Å². The lowest BCUT2D eigenvalue weighted by Gasteiger charge is -2.21. The molecule has 0 atom stereocenters. The second-order valence-electron chi connectivity index (χ2n) is 5.02. The highest BCUT2D eigenvalue weighted by molar-refractivity contribution is 7.89. The fourth-order valence-corrected chi connectivity index (χ4v) is 3.20. The molecule has 1 heterocycles. The van der Waals surface area contributed by atoms with Crippen LogP contribution in [-0.2, 0) is 14.8 Å². The fourth-order valence-electron chi connectivity index (χ4n) is 2.30. The van der Waals surface area contributed by atoms with Crippen molar-refractivity contribution < 1.29 is 13.2 Å². The van der Waals surface area contributed by atoms with Crippen molar-refractivity contribution in [2.45, 2.75) is 43.1 Å². The van der Waals surface area contributed by atoms with Crippen LogP contribution in [0.4, 0.5) is 5.95 Å². The van der Waals surface area contributed by atoms with Crippen molar-refractivity contribution in [3.8, 4) is 0 Å². The fraction of sp³-hybridized carbons (Fsp3) is 0.692. The third-order valence-corrected chi connectivity index (χ3v) is 4.88. The maximum atomic E-state index is 12.0. The number of anilines is 1. The first-order valence-electron chi connectivity index (χ1n) is 7.23. The van der Waals surface area contributed by atoms with Crippen molar-refractivity contribution >= 4 is 16.0 Å². The molecule has 1 aromatic heterocycles. The number of nitrogens with one attached hydrogen (secondary N) is 2. The normalized spacial score (nSPS) is 16.8. The Labute approximate surface area is 125 Å². The van der Waals surface area contributed by atoms with Gasteiger partial charge in [-0.3, -0.25) is 0 Å². The van der Waals surface area contributed by atoms with Crippen molar-refractivity contribution in [3.05, 3.63) is 12.4 Å². The lowest BCUT2D eigenvalue weighted by atomic mass is 9.98. The van der Waals surface area contributed by atoms with Gasteiger partial charge in [0, 0.05) is 13.6 Å². The molecule has 21 heavy (non-hydrogen) atoms. The van der Waals surface area contributed by atoms with Crippen LogP contribution in [0.2, 0.25) is 0 Å². The molecule has 0 aromatic carbocycles. The van der Waals surface area contributed by atoms with E-state index < -0.39 is 10.0 Å². The number of ether oxygens (including phenoxy) is 1. The summed E-state index contributed by atoms with van der Waals surface area (Å²) in [6, 6.07) is 0. The summed E-state index contributed by atoms with van der Waals surface area (Å²) in [7, 11) is -1.90. The van der Waals surface area contributed by atoms with Crippen LogP contribution in [0.1, 0.15) is 32.1 Å². The monoisotopic (exact) mass is 314 g/mol. The highest BCUT2D eigenvalue weighted by Crippen LogP contribution is 2.19. The first-order valence-corrected chi connectivity index (χ1v) is 8.71. The molecule has 2 N–H and O–H groups in total. The van der Waals surface area contributed by atoms with Gasteiger partial charge in [-0.15, -0.1) is 0 Å². The number of aromatic nitrogens is 2. The van der Waals surface area contributed by atoms with E-state index in [9.17, 15) is 8.42 Å². The lowest BCUT2D eigenvalue weighted by molar-refractivity contribution is 0.0321. The van der Waals surface area contributed by atoms with Crippen LogP contribution in [0.3, 0.4) is 0 Å². The Hall–Kier alpha value is -1.25. The van der Waals surface area contributed by atoms with Crippen molar-refractivity contribution in [1.29, 1.82) is 0 Å². The largest absolute Gasteiger partial charge is 0.377 e. The molecule has 0 amide bonds. The summed E-state index contributed by atoms with van der Waals surface area (Å²) in [6.45, 7) is 0.645. The van der Waals surface area contributed by atoms with Crippen molar-refractivity contribution in [2.24, 2.45) is 0 Å². The summed E-state index contributed by atoms with van der Waals surface area (Å²) in [6.07, 6.45) is 8.66. The van der Waals surface area contributed by atoms with Crippen molar-refractivity contribution in [3.63, 3.8) is 0 Å². The molecule has 0 unspecified atom stereocenters. The number of hydrogen-bond acceptors (Lipinski definition) is 6. The first kappa shape index (κ1) is 16.1. The predicted molar refractivity (Wildman–Crippen MR) is 79.6 cm³/mol. The molecule has 1 fully saturated rings. The maximum absolute atomic E-state index is 12.0. The van der Waals surface area contributed by atoms with Gasteiger partial charge in [-0.1, -0.05) is 19.3 Å². The van der Waals surface area contributed by atoms with Crippen molar-refractivity contribution in [2.75, 3.05) is 25.5 Å². The van der Waals surface area contributed by atoms with E-state index in [0.717, 1.165) is 12.8 Å². The molecule has 1 aliphatic rings. The Balaban J connectivity index is 1.77. The minimum absolute atomic E-state index is 0.0548. The number of hydrogen-bond donors (Lipinski definition) is 2. The van der Waals surface area contributed by atoms with Crippen molar-refractivity contribution in [1.82, 2.24) is 14.7 Å². The molecular weight excluding hydrogens is 292 g/mol. The average Bonchev–Trinajstić information content (AvgIpc) is 2.53. The van der Waals surface area contributed by atoms with Crippen LogP contribution in [0, 0.1) is 0 Å². The topological polar surface area (TPSA) is 93.2 Å². The molecule has 118 valence electrons. The Morgan fingerprint density at radius 3 is 2.52 bits per heavy atom. The number of rotatable bonds is 7. The van der Waals surface area contributed by atoms with Crippen LogP contribution in [0.15, 0.2) is 17.3 Å². The molecule has 0 radical (unpaired) electrons. The van der Waals surface area contributed by atoms with Gasteiger partial charge in [0.05, 0.1) is 25.1 Å². The Kier molecular flexibility index (Phi) is 5.89. The van der Waals surface area contributed by atoms with Crippen LogP contribution in [0.25, 0.3) is 0 Å². The molecule has 1 saturated carbocycles. The van der Waals surface area contributed by atoms with Gasteiger partial charge in [-0.05, 0) is 12.8 Å². The van der Waals surface area contributed by atoms with Gasteiger partial charge in [0.1, 0.15) is 4.90 Å². The van der Waals surface area contributed by atoms with Gasteiger partial charge in [0.15, 0.2) is 0 Å². The van der Waals surface area contributed by atoms with E-state index in [4.69, 9.17) is 4.74 Å². The first-order chi connectivity index (χ1) is 10.1. The Morgan fingerprint density at radius 1 is 1.24 bits per heavy atom. The molecule has 0 saturated heterocycles. The van der Waals surface area contributed by atoms with Gasteiger partial charge in [-0.25, -0.2) is 23.1 Å². The quantitative estimate of drug-likeness (QED) is 0.733. The number of nitrogens with zero attached hydrogens (tertiary/aromatic N) is 2. The molecule has 1 aliphatic carbocycles. The van der Waals surface area contributed by atoms with E-state index in [0.29, 0.717) is 12.6 Å². The summed E-state index contributed by atoms with van der Waals surface area (Å²) < 4.78 is 32.2. The van der Waals surface area contributed by atoms with Crippen LogP contribution < -0.4 is 10.0 Å². The average molecular weight is 314 g/mol. The Bertz CT molecular complexity index is 527. The summed E-state index contributed by atoms with van der Waals surface area (Å²) in [4.78, 5) is 7.84. The standard InChI is InChI=1S/C13H22N4O3S/c1-14-13-15-9-12(10-16-13)21(18,19)17-7-8-20-11-5-3-2-4-6-11/h9-11,17H,2-8H2,1H3,(H,14,15,16). The molecule has 0 spiro atoms. The van der Waals surface area contributed by atoms with Gasteiger partial charge in [0.25, 0.3) is 0 Å². The molecule has 2 rings (SSSR count). The van der Waals surface area contributed by atoms with E-state index in [1.165, 1.54) is 31.7 Å². The summed E-state index contributed by atoms with van der Waals surface area (Å²) in [5, 5.41) is 2.74. The maximum Gasteiger partial charge on any atom is 0.243 e. The zero-order valence-electron chi connectivity index (χ0n) is 12.2. The highest BCUT2D eigenvalue weighted by Gasteiger charge is 2.16. The number of sulfonamides is 1. The zero-order valence-corrected chi connectivity index (χ0v) is 13.0. The zero-order chi connectivity index (χ0) is 15.1.